The van der Waals surface area contributed by atoms with Gasteiger partial charge in [0.1, 0.15) is 0 Å². The molecule has 2 aromatic carbocycles. The Kier molecular flexibility index (Phi) is 7.43. The molecule has 156 valence electrons. The number of halogens is 1. The molecule has 0 saturated carbocycles. The highest BCUT2D eigenvalue weighted by molar-refractivity contribution is 7.90. The zero-order valence-electron chi connectivity index (χ0n) is 16.7. The van der Waals surface area contributed by atoms with Crippen molar-refractivity contribution in [2.45, 2.75) is 44.1 Å². The van der Waals surface area contributed by atoms with E-state index >= 15 is 0 Å². The van der Waals surface area contributed by atoms with Gasteiger partial charge in [-0.2, -0.15) is 0 Å². The molecule has 0 radical (unpaired) electrons. The molecule has 0 saturated heterocycles. The third-order valence-corrected chi connectivity index (χ3v) is 6.04. The number of rotatable bonds is 7. The van der Waals surface area contributed by atoms with Crippen molar-refractivity contribution in [2.24, 2.45) is 0 Å². The summed E-state index contributed by atoms with van der Waals surface area (Å²) in [5.41, 5.74) is 1.64. The standard InChI is InChI=1S/C21H24ClNO5S/c1-5-13(2)15-6-8-16(9-7-15)23-20(24)14(3)28-21(25)18-12-17(29(4,26)27)10-11-19(18)22/h6-14H,5H2,1-4H3,(H,23,24)/t13-,14+/m1/s1. The molecule has 2 rings (SSSR count). The van der Waals surface area contributed by atoms with Crippen LogP contribution in [0.15, 0.2) is 47.4 Å². The molecule has 0 unspecified atom stereocenters. The minimum atomic E-state index is -3.52. The van der Waals surface area contributed by atoms with Crippen LogP contribution in [0, 0.1) is 0 Å². The number of nitrogens with one attached hydrogen (secondary N) is 1. The zero-order valence-corrected chi connectivity index (χ0v) is 18.3. The molecule has 0 aliphatic carbocycles. The summed E-state index contributed by atoms with van der Waals surface area (Å²) in [7, 11) is -3.52. The Morgan fingerprint density at radius 2 is 1.72 bits per heavy atom. The Morgan fingerprint density at radius 3 is 2.28 bits per heavy atom. The second kappa shape index (κ2) is 9.41. The van der Waals surface area contributed by atoms with Crippen LogP contribution < -0.4 is 5.32 Å². The quantitative estimate of drug-likeness (QED) is 0.646. The molecule has 1 N–H and O–H groups in total. The van der Waals surface area contributed by atoms with Gasteiger partial charge >= 0.3 is 5.97 Å². The predicted octanol–water partition coefficient (Wildman–Crippen LogP) is 4.44. The molecule has 0 aliphatic rings. The summed E-state index contributed by atoms with van der Waals surface area (Å²) >= 11 is 5.99. The van der Waals surface area contributed by atoms with Crippen LogP contribution in [0.1, 0.15) is 49.0 Å². The first-order valence-electron chi connectivity index (χ1n) is 9.14. The smallest absolute Gasteiger partial charge is 0.340 e. The van der Waals surface area contributed by atoms with Gasteiger partial charge in [0.25, 0.3) is 5.91 Å². The van der Waals surface area contributed by atoms with Crippen molar-refractivity contribution in [3.05, 3.63) is 58.6 Å². The molecular weight excluding hydrogens is 414 g/mol. The fourth-order valence-corrected chi connectivity index (χ4v) is 3.39. The molecule has 2 atom stereocenters. The van der Waals surface area contributed by atoms with Crippen LogP contribution in [-0.2, 0) is 19.4 Å². The molecule has 8 heteroatoms. The predicted molar refractivity (Wildman–Crippen MR) is 113 cm³/mol. The molecule has 0 spiro atoms. The van der Waals surface area contributed by atoms with Crippen molar-refractivity contribution in [1.29, 1.82) is 0 Å². The molecule has 0 aromatic heterocycles. The summed E-state index contributed by atoms with van der Waals surface area (Å²) < 4.78 is 28.5. The van der Waals surface area contributed by atoms with Gasteiger partial charge in [-0.15, -0.1) is 0 Å². The highest BCUT2D eigenvalue weighted by Crippen LogP contribution is 2.23. The van der Waals surface area contributed by atoms with E-state index in [0.717, 1.165) is 18.7 Å². The maximum absolute atomic E-state index is 12.4. The van der Waals surface area contributed by atoms with Gasteiger partial charge in [-0.1, -0.05) is 37.6 Å². The van der Waals surface area contributed by atoms with Crippen LogP contribution in [0.2, 0.25) is 5.02 Å². The van der Waals surface area contributed by atoms with E-state index in [4.69, 9.17) is 16.3 Å². The van der Waals surface area contributed by atoms with E-state index < -0.39 is 27.8 Å². The van der Waals surface area contributed by atoms with E-state index in [1.807, 2.05) is 12.1 Å². The maximum atomic E-state index is 12.4. The molecule has 6 nitrogen and oxygen atoms in total. The first-order chi connectivity index (χ1) is 13.5. The number of carbonyl (C=O) groups excluding carboxylic acids is 2. The van der Waals surface area contributed by atoms with Crippen molar-refractivity contribution in [3.8, 4) is 0 Å². The minimum Gasteiger partial charge on any atom is -0.449 e. The highest BCUT2D eigenvalue weighted by atomic mass is 35.5. The van der Waals surface area contributed by atoms with Gasteiger partial charge in [-0.3, -0.25) is 4.79 Å². The van der Waals surface area contributed by atoms with Gasteiger partial charge in [0.05, 0.1) is 15.5 Å². The molecule has 1 amide bonds. The lowest BCUT2D eigenvalue weighted by molar-refractivity contribution is -0.123. The molecule has 0 aliphatic heterocycles. The van der Waals surface area contributed by atoms with Crippen LogP contribution in [0.4, 0.5) is 5.69 Å². The maximum Gasteiger partial charge on any atom is 0.340 e. The summed E-state index contributed by atoms with van der Waals surface area (Å²) in [6.07, 6.45) is 0.935. The van der Waals surface area contributed by atoms with Gasteiger partial charge in [0.15, 0.2) is 15.9 Å². The van der Waals surface area contributed by atoms with E-state index in [0.29, 0.717) is 11.6 Å². The fraction of sp³-hybridized carbons (Fsp3) is 0.333. The van der Waals surface area contributed by atoms with Crippen LogP contribution in [0.3, 0.4) is 0 Å². The van der Waals surface area contributed by atoms with Crippen molar-refractivity contribution in [3.63, 3.8) is 0 Å². The Bertz CT molecular complexity index is 1000. The van der Waals surface area contributed by atoms with Crippen molar-refractivity contribution >= 4 is 39.0 Å². The molecule has 2 aromatic rings. The van der Waals surface area contributed by atoms with Crippen LogP contribution in [0.5, 0.6) is 0 Å². The molecular formula is C21H24ClNO5S. The molecule has 0 bridgehead atoms. The van der Waals surface area contributed by atoms with Crippen LogP contribution in [-0.4, -0.2) is 32.7 Å². The number of hydrogen-bond donors (Lipinski definition) is 1. The second-order valence-corrected chi connectivity index (χ2v) is 9.30. The number of carbonyl (C=O) groups is 2. The molecule has 0 heterocycles. The van der Waals surface area contributed by atoms with Crippen molar-refractivity contribution in [2.75, 3.05) is 11.6 Å². The summed E-state index contributed by atoms with van der Waals surface area (Å²) in [6, 6.07) is 11.2. The summed E-state index contributed by atoms with van der Waals surface area (Å²) in [5, 5.41) is 2.73. The number of ether oxygens (including phenoxy) is 1. The first kappa shape index (κ1) is 22.9. The monoisotopic (exact) mass is 437 g/mol. The largest absolute Gasteiger partial charge is 0.449 e. The lowest BCUT2D eigenvalue weighted by atomic mass is 9.99. The van der Waals surface area contributed by atoms with E-state index in [1.165, 1.54) is 24.6 Å². The average Bonchev–Trinajstić information content (AvgIpc) is 2.67. The lowest BCUT2D eigenvalue weighted by Crippen LogP contribution is -2.30. The summed E-state index contributed by atoms with van der Waals surface area (Å²) in [5.74, 6) is -0.965. The zero-order chi connectivity index (χ0) is 21.8. The Morgan fingerprint density at radius 1 is 1.10 bits per heavy atom. The Hall–Kier alpha value is -2.38. The number of amides is 1. The lowest BCUT2D eigenvalue weighted by Gasteiger charge is -2.15. The van der Waals surface area contributed by atoms with Gasteiger partial charge < -0.3 is 10.1 Å². The SMILES string of the molecule is CC[C@@H](C)c1ccc(NC(=O)[C@H](C)OC(=O)c2cc(S(C)(=O)=O)ccc2Cl)cc1. The minimum absolute atomic E-state index is 0.0376. The topological polar surface area (TPSA) is 89.5 Å². The van der Waals surface area contributed by atoms with Crippen molar-refractivity contribution < 1.29 is 22.7 Å². The first-order valence-corrected chi connectivity index (χ1v) is 11.4. The Balaban J connectivity index is 2.07. The average molecular weight is 438 g/mol. The molecule has 0 fully saturated rings. The van der Waals surface area contributed by atoms with Crippen molar-refractivity contribution in [1.82, 2.24) is 0 Å². The summed E-state index contributed by atoms with van der Waals surface area (Å²) in [4.78, 5) is 24.7. The number of hydrogen-bond acceptors (Lipinski definition) is 5. The van der Waals surface area contributed by atoms with Gasteiger partial charge in [0, 0.05) is 11.9 Å². The fourth-order valence-electron chi connectivity index (χ4n) is 2.54. The van der Waals surface area contributed by atoms with E-state index in [-0.39, 0.29) is 15.5 Å². The number of anilines is 1. The third kappa shape index (κ3) is 6.05. The normalized spacial score (nSPS) is 13.4. The number of sulfone groups is 1. The van der Waals surface area contributed by atoms with E-state index in [1.54, 1.807) is 12.1 Å². The van der Waals surface area contributed by atoms with Crippen LogP contribution >= 0.6 is 11.6 Å². The van der Waals surface area contributed by atoms with Gasteiger partial charge in [0.2, 0.25) is 0 Å². The second-order valence-electron chi connectivity index (χ2n) is 6.88. The van der Waals surface area contributed by atoms with Crippen LogP contribution in [0.25, 0.3) is 0 Å². The highest BCUT2D eigenvalue weighted by Gasteiger charge is 2.22. The summed E-state index contributed by atoms with van der Waals surface area (Å²) in [6.45, 7) is 5.66. The number of esters is 1. The van der Waals surface area contributed by atoms with Gasteiger partial charge in [-0.05, 0) is 55.2 Å². The van der Waals surface area contributed by atoms with E-state index in [2.05, 4.69) is 19.2 Å². The Labute approximate surface area is 176 Å². The molecule has 29 heavy (non-hydrogen) atoms. The third-order valence-electron chi connectivity index (χ3n) is 4.60. The van der Waals surface area contributed by atoms with E-state index in [9.17, 15) is 18.0 Å². The van der Waals surface area contributed by atoms with Gasteiger partial charge in [-0.25, -0.2) is 13.2 Å². The number of benzene rings is 2.